The van der Waals surface area contributed by atoms with Crippen LogP contribution in [-0.4, -0.2) is 11.6 Å². The maximum Gasteiger partial charge on any atom is 0.124 e. The quantitative estimate of drug-likeness (QED) is 0.874. The minimum atomic E-state index is 0.0902. The monoisotopic (exact) mass is 281 g/mol. The van der Waals surface area contributed by atoms with Crippen LogP contribution in [0, 0.1) is 0 Å². The van der Waals surface area contributed by atoms with Gasteiger partial charge in [0.2, 0.25) is 0 Å². The third kappa shape index (κ3) is 4.70. The van der Waals surface area contributed by atoms with Gasteiger partial charge in [-0.3, -0.25) is 0 Å². The van der Waals surface area contributed by atoms with Crippen LogP contribution in [0.1, 0.15) is 52.0 Å². The molecule has 1 fully saturated rings. The fraction of sp³-hybridized carbons (Fsp3) is 0.625. The predicted molar refractivity (Wildman–Crippen MR) is 80.9 cm³/mol. The van der Waals surface area contributed by atoms with Gasteiger partial charge in [-0.05, 0) is 64.7 Å². The van der Waals surface area contributed by atoms with Crippen LogP contribution in [0.5, 0.6) is 5.75 Å². The second-order valence-corrected chi connectivity index (χ2v) is 6.82. The third-order valence-electron chi connectivity index (χ3n) is 3.43. The molecule has 1 N–H and O–H groups in total. The van der Waals surface area contributed by atoms with Crippen LogP contribution in [-0.2, 0) is 6.54 Å². The van der Waals surface area contributed by atoms with E-state index in [1.165, 1.54) is 25.7 Å². The summed E-state index contributed by atoms with van der Waals surface area (Å²) in [7, 11) is 0. The molecule has 0 bridgehead atoms. The van der Waals surface area contributed by atoms with E-state index in [0.717, 1.165) is 22.9 Å². The van der Waals surface area contributed by atoms with Crippen LogP contribution in [0.4, 0.5) is 0 Å². The molecule has 106 valence electrons. The van der Waals surface area contributed by atoms with Gasteiger partial charge >= 0.3 is 0 Å². The molecule has 0 saturated heterocycles. The van der Waals surface area contributed by atoms with Crippen LogP contribution in [0.2, 0.25) is 5.02 Å². The lowest BCUT2D eigenvalue weighted by atomic mass is 10.1. The summed E-state index contributed by atoms with van der Waals surface area (Å²) < 4.78 is 6.13. The first-order valence-corrected chi connectivity index (χ1v) is 7.52. The summed E-state index contributed by atoms with van der Waals surface area (Å²) in [4.78, 5) is 0. The second-order valence-electron chi connectivity index (χ2n) is 6.38. The molecule has 1 saturated carbocycles. The standard InChI is InChI=1S/C16H24ClNO/c1-16(2,3)18-11-12-10-13(17)8-9-15(12)19-14-6-4-5-7-14/h8-10,14,18H,4-7,11H2,1-3H3. The SMILES string of the molecule is CC(C)(C)NCc1cc(Cl)ccc1OC1CCCC1. The van der Waals surface area contributed by atoms with Crippen molar-refractivity contribution in [3.63, 3.8) is 0 Å². The Labute approximate surface area is 121 Å². The van der Waals surface area contributed by atoms with Gasteiger partial charge in [0.1, 0.15) is 5.75 Å². The molecular formula is C16H24ClNO. The smallest absolute Gasteiger partial charge is 0.124 e. The summed E-state index contributed by atoms with van der Waals surface area (Å²) in [5.41, 5.74) is 1.24. The molecule has 0 heterocycles. The highest BCUT2D eigenvalue weighted by molar-refractivity contribution is 6.30. The zero-order valence-electron chi connectivity index (χ0n) is 12.1. The van der Waals surface area contributed by atoms with E-state index < -0.39 is 0 Å². The summed E-state index contributed by atoms with van der Waals surface area (Å²) in [6.45, 7) is 7.27. The summed E-state index contributed by atoms with van der Waals surface area (Å²) in [6, 6.07) is 5.91. The molecule has 1 aliphatic rings. The minimum Gasteiger partial charge on any atom is -0.490 e. The van der Waals surface area contributed by atoms with Crippen LogP contribution < -0.4 is 10.1 Å². The highest BCUT2D eigenvalue weighted by Gasteiger charge is 2.18. The van der Waals surface area contributed by atoms with E-state index >= 15 is 0 Å². The Morgan fingerprint density at radius 1 is 1.26 bits per heavy atom. The van der Waals surface area contributed by atoms with E-state index in [4.69, 9.17) is 16.3 Å². The van der Waals surface area contributed by atoms with Crippen molar-refractivity contribution in [2.75, 3.05) is 0 Å². The van der Waals surface area contributed by atoms with Crippen molar-refractivity contribution in [1.82, 2.24) is 5.32 Å². The Morgan fingerprint density at radius 2 is 1.95 bits per heavy atom. The Balaban J connectivity index is 2.08. The van der Waals surface area contributed by atoms with E-state index in [9.17, 15) is 0 Å². The van der Waals surface area contributed by atoms with E-state index in [1.807, 2.05) is 18.2 Å². The van der Waals surface area contributed by atoms with Crippen molar-refractivity contribution in [1.29, 1.82) is 0 Å². The van der Waals surface area contributed by atoms with Crippen molar-refractivity contribution >= 4 is 11.6 Å². The summed E-state index contributed by atoms with van der Waals surface area (Å²) in [6.07, 6.45) is 5.31. The van der Waals surface area contributed by atoms with Gasteiger partial charge in [-0.25, -0.2) is 0 Å². The number of halogens is 1. The van der Waals surface area contributed by atoms with Gasteiger partial charge in [-0.1, -0.05) is 11.6 Å². The number of hydrogen-bond acceptors (Lipinski definition) is 2. The second kappa shape index (κ2) is 6.15. The molecule has 0 amide bonds. The molecule has 0 radical (unpaired) electrons. The van der Waals surface area contributed by atoms with Crippen molar-refractivity contribution < 1.29 is 4.74 Å². The van der Waals surface area contributed by atoms with Crippen molar-refractivity contribution in [3.05, 3.63) is 28.8 Å². The molecule has 1 aromatic carbocycles. The zero-order valence-corrected chi connectivity index (χ0v) is 12.9. The molecule has 0 unspecified atom stereocenters. The Morgan fingerprint density at radius 3 is 2.58 bits per heavy atom. The zero-order chi connectivity index (χ0) is 13.9. The highest BCUT2D eigenvalue weighted by atomic mass is 35.5. The Kier molecular flexibility index (Phi) is 4.75. The number of rotatable bonds is 4. The lowest BCUT2D eigenvalue weighted by Crippen LogP contribution is -2.35. The third-order valence-corrected chi connectivity index (χ3v) is 3.66. The summed E-state index contributed by atoms with van der Waals surface area (Å²) in [5.74, 6) is 0.980. The van der Waals surface area contributed by atoms with Crippen molar-refractivity contribution in [3.8, 4) is 5.75 Å². The average Bonchev–Trinajstić information content (AvgIpc) is 2.81. The number of ether oxygens (including phenoxy) is 1. The van der Waals surface area contributed by atoms with E-state index in [2.05, 4.69) is 26.1 Å². The largest absolute Gasteiger partial charge is 0.490 e. The molecule has 0 aromatic heterocycles. The van der Waals surface area contributed by atoms with Gasteiger partial charge in [0, 0.05) is 22.7 Å². The fourth-order valence-electron chi connectivity index (χ4n) is 2.35. The molecule has 1 aromatic rings. The van der Waals surface area contributed by atoms with Crippen molar-refractivity contribution in [2.45, 2.75) is 64.6 Å². The van der Waals surface area contributed by atoms with E-state index in [1.54, 1.807) is 0 Å². The Bertz CT molecular complexity index is 419. The van der Waals surface area contributed by atoms with Gasteiger partial charge in [0.25, 0.3) is 0 Å². The van der Waals surface area contributed by atoms with Crippen LogP contribution in [0.25, 0.3) is 0 Å². The molecule has 2 rings (SSSR count). The molecule has 2 nitrogen and oxygen atoms in total. The molecular weight excluding hydrogens is 258 g/mol. The van der Waals surface area contributed by atoms with Gasteiger partial charge in [0.15, 0.2) is 0 Å². The normalized spacial score (nSPS) is 16.8. The van der Waals surface area contributed by atoms with E-state index in [0.29, 0.717) is 6.10 Å². The summed E-state index contributed by atoms with van der Waals surface area (Å²) >= 11 is 6.10. The number of nitrogens with one attached hydrogen (secondary N) is 1. The van der Waals surface area contributed by atoms with Crippen LogP contribution >= 0.6 is 11.6 Å². The average molecular weight is 282 g/mol. The van der Waals surface area contributed by atoms with E-state index in [-0.39, 0.29) is 5.54 Å². The first-order valence-electron chi connectivity index (χ1n) is 7.14. The molecule has 3 heteroatoms. The van der Waals surface area contributed by atoms with Crippen LogP contribution in [0.3, 0.4) is 0 Å². The number of benzene rings is 1. The minimum absolute atomic E-state index is 0.0902. The first kappa shape index (κ1) is 14.7. The fourth-order valence-corrected chi connectivity index (χ4v) is 2.54. The molecule has 19 heavy (non-hydrogen) atoms. The maximum atomic E-state index is 6.13. The molecule has 0 aliphatic heterocycles. The Hall–Kier alpha value is -0.730. The lowest BCUT2D eigenvalue weighted by molar-refractivity contribution is 0.207. The number of hydrogen-bond donors (Lipinski definition) is 1. The van der Waals surface area contributed by atoms with Gasteiger partial charge in [-0.2, -0.15) is 0 Å². The van der Waals surface area contributed by atoms with Crippen molar-refractivity contribution in [2.24, 2.45) is 0 Å². The van der Waals surface area contributed by atoms with Gasteiger partial charge in [0.05, 0.1) is 6.10 Å². The maximum absolute atomic E-state index is 6.13. The lowest BCUT2D eigenvalue weighted by Gasteiger charge is -2.23. The molecule has 1 aliphatic carbocycles. The summed E-state index contributed by atoms with van der Waals surface area (Å²) in [5, 5.41) is 4.26. The van der Waals surface area contributed by atoms with Crippen LogP contribution in [0.15, 0.2) is 18.2 Å². The van der Waals surface area contributed by atoms with Gasteiger partial charge in [-0.15, -0.1) is 0 Å². The molecule has 0 spiro atoms. The predicted octanol–water partition coefficient (Wildman–Crippen LogP) is 4.55. The highest BCUT2D eigenvalue weighted by Crippen LogP contribution is 2.28. The molecule has 0 atom stereocenters. The topological polar surface area (TPSA) is 21.3 Å². The van der Waals surface area contributed by atoms with Gasteiger partial charge < -0.3 is 10.1 Å². The first-order chi connectivity index (χ1) is 8.94.